The fraction of sp³-hybridized carbons (Fsp3) is 0.579. The third-order valence-electron chi connectivity index (χ3n) is 6.35. The SMILES string of the molecule is O=C(c1cc(F)ccc1F)N1C[C@@H]2CN(C3CCCC3)C[C@]2(C(=O)O)C1. The van der Waals surface area contributed by atoms with Crippen molar-refractivity contribution in [3.8, 4) is 0 Å². The summed E-state index contributed by atoms with van der Waals surface area (Å²) in [4.78, 5) is 28.4. The highest BCUT2D eigenvalue weighted by Crippen LogP contribution is 2.45. The van der Waals surface area contributed by atoms with E-state index in [9.17, 15) is 23.5 Å². The fourth-order valence-electron chi connectivity index (χ4n) is 4.94. The van der Waals surface area contributed by atoms with Gasteiger partial charge in [-0.2, -0.15) is 0 Å². The summed E-state index contributed by atoms with van der Waals surface area (Å²) in [7, 11) is 0. The first kappa shape index (κ1) is 17.4. The molecule has 3 aliphatic rings. The number of carbonyl (C=O) groups is 2. The van der Waals surface area contributed by atoms with Gasteiger partial charge in [-0.3, -0.25) is 14.5 Å². The molecule has 2 aliphatic heterocycles. The molecule has 2 saturated heterocycles. The zero-order chi connectivity index (χ0) is 18.5. The molecule has 0 radical (unpaired) electrons. The molecule has 1 N–H and O–H groups in total. The van der Waals surface area contributed by atoms with Gasteiger partial charge in [0.2, 0.25) is 0 Å². The average Bonchev–Trinajstić information content (AvgIpc) is 3.29. The summed E-state index contributed by atoms with van der Waals surface area (Å²) in [5.41, 5.74) is -1.35. The highest BCUT2D eigenvalue weighted by atomic mass is 19.1. The molecule has 0 aromatic heterocycles. The first-order valence-corrected chi connectivity index (χ1v) is 9.12. The predicted molar refractivity (Wildman–Crippen MR) is 89.6 cm³/mol. The Kier molecular flexibility index (Phi) is 4.22. The molecule has 3 fully saturated rings. The molecule has 1 saturated carbocycles. The van der Waals surface area contributed by atoms with E-state index in [-0.39, 0.29) is 24.6 Å². The second-order valence-electron chi connectivity index (χ2n) is 7.84. The number of rotatable bonds is 3. The molecule has 0 unspecified atom stereocenters. The Balaban J connectivity index is 1.55. The first-order valence-electron chi connectivity index (χ1n) is 9.12. The Morgan fingerprint density at radius 1 is 1.12 bits per heavy atom. The van der Waals surface area contributed by atoms with Crippen molar-refractivity contribution in [2.24, 2.45) is 11.3 Å². The molecule has 1 aromatic carbocycles. The van der Waals surface area contributed by atoms with Crippen LogP contribution in [0.25, 0.3) is 0 Å². The van der Waals surface area contributed by atoms with Crippen LogP contribution in [0.3, 0.4) is 0 Å². The van der Waals surface area contributed by atoms with E-state index in [1.807, 2.05) is 0 Å². The van der Waals surface area contributed by atoms with Crippen molar-refractivity contribution in [2.75, 3.05) is 26.2 Å². The lowest BCUT2D eigenvalue weighted by Gasteiger charge is -2.28. The monoisotopic (exact) mass is 364 g/mol. The summed E-state index contributed by atoms with van der Waals surface area (Å²) in [5, 5.41) is 9.90. The summed E-state index contributed by atoms with van der Waals surface area (Å²) in [6, 6.07) is 3.20. The van der Waals surface area contributed by atoms with Crippen molar-refractivity contribution in [3.63, 3.8) is 0 Å². The van der Waals surface area contributed by atoms with Crippen LogP contribution in [-0.2, 0) is 4.79 Å². The topological polar surface area (TPSA) is 60.9 Å². The van der Waals surface area contributed by atoms with Gasteiger partial charge in [0.1, 0.15) is 17.0 Å². The van der Waals surface area contributed by atoms with E-state index < -0.39 is 28.9 Å². The second-order valence-corrected chi connectivity index (χ2v) is 7.84. The van der Waals surface area contributed by atoms with E-state index >= 15 is 0 Å². The molecular formula is C19H22F2N2O3. The van der Waals surface area contributed by atoms with Crippen molar-refractivity contribution in [2.45, 2.75) is 31.7 Å². The molecular weight excluding hydrogens is 342 g/mol. The minimum atomic E-state index is -1.01. The molecule has 26 heavy (non-hydrogen) atoms. The Morgan fingerprint density at radius 2 is 1.85 bits per heavy atom. The van der Waals surface area contributed by atoms with Crippen molar-refractivity contribution in [1.82, 2.24) is 9.80 Å². The van der Waals surface area contributed by atoms with Gasteiger partial charge < -0.3 is 10.0 Å². The maximum Gasteiger partial charge on any atom is 0.313 e. The van der Waals surface area contributed by atoms with Crippen LogP contribution in [0.1, 0.15) is 36.0 Å². The van der Waals surface area contributed by atoms with Gasteiger partial charge in [0.25, 0.3) is 5.91 Å². The maximum absolute atomic E-state index is 13.9. The van der Waals surface area contributed by atoms with Crippen molar-refractivity contribution < 1.29 is 23.5 Å². The summed E-state index contributed by atoms with van der Waals surface area (Å²) in [6.45, 7) is 1.38. The Labute approximate surface area is 150 Å². The number of likely N-dealkylation sites (tertiary alicyclic amines) is 2. The van der Waals surface area contributed by atoms with Crippen LogP contribution in [0.4, 0.5) is 8.78 Å². The molecule has 140 valence electrons. The molecule has 2 atom stereocenters. The summed E-state index contributed by atoms with van der Waals surface area (Å²) >= 11 is 0. The predicted octanol–water partition coefficient (Wildman–Crippen LogP) is 2.37. The standard InChI is InChI=1S/C19H22F2N2O3/c20-13-5-6-16(21)15(7-13)17(24)23-9-12-8-22(14-3-1-2-4-14)10-19(12,11-23)18(25)26/h5-7,12,14H,1-4,8-11H2,(H,25,26)/t12-,19-/m0/s1. The number of amides is 1. The van der Waals surface area contributed by atoms with Crippen molar-refractivity contribution in [3.05, 3.63) is 35.4 Å². The van der Waals surface area contributed by atoms with Crippen LogP contribution in [0, 0.1) is 23.0 Å². The molecule has 0 bridgehead atoms. The number of aliphatic carboxylic acids is 1. The second kappa shape index (κ2) is 6.30. The lowest BCUT2D eigenvalue weighted by molar-refractivity contribution is -0.148. The quantitative estimate of drug-likeness (QED) is 0.895. The average molecular weight is 364 g/mol. The largest absolute Gasteiger partial charge is 0.481 e. The van der Waals surface area contributed by atoms with Gasteiger partial charge in [0.05, 0.1) is 5.56 Å². The third kappa shape index (κ3) is 2.69. The van der Waals surface area contributed by atoms with Gasteiger partial charge in [0.15, 0.2) is 0 Å². The van der Waals surface area contributed by atoms with Crippen LogP contribution in [0.15, 0.2) is 18.2 Å². The minimum Gasteiger partial charge on any atom is -0.481 e. The number of halogens is 2. The lowest BCUT2D eigenvalue weighted by Crippen LogP contribution is -2.43. The molecule has 0 spiro atoms. The fourth-order valence-corrected chi connectivity index (χ4v) is 4.94. The number of hydrogen-bond acceptors (Lipinski definition) is 3. The van der Waals surface area contributed by atoms with Gasteiger partial charge in [-0.25, -0.2) is 8.78 Å². The number of benzene rings is 1. The normalized spacial score (nSPS) is 29.3. The molecule has 1 aromatic rings. The van der Waals surface area contributed by atoms with Gasteiger partial charge in [0, 0.05) is 38.1 Å². The number of carboxylic acid groups (broad SMARTS) is 1. The Morgan fingerprint density at radius 3 is 2.50 bits per heavy atom. The number of carbonyl (C=O) groups excluding carboxylic acids is 1. The minimum absolute atomic E-state index is 0.0466. The molecule has 5 nitrogen and oxygen atoms in total. The number of fused-ring (bicyclic) bond motifs is 1. The lowest BCUT2D eigenvalue weighted by atomic mass is 9.81. The number of hydrogen-bond donors (Lipinski definition) is 1. The molecule has 7 heteroatoms. The van der Waals surface area contributed by atoms with Gasteiger partial charge in [-0.05, 0) is 31.0 Å². The summed E-state index contributed by atoms with van der Waals surface area (Å²) in [5.74, 6) is -3.19. The van der Waals surface area contributed by atoms with Gasteiger partial charge in [-0.1, -0.05) is 12.8 Å². The van der Waals surface area contributed by atoms with Crippen LogP contribution in [-0.4, -0.2) is 59.0 Å². The molecule has 4 rings (SSSR count). The van der Waals surface area contributed by atoms with Crippen LogP contribution in [0.5, 0.6) is 0 Å². The van der Waals surface area contributed by atoms with E-state index in [1.165, 1.54) is 17.7 Å². The zero-order valence-electron chi connectivity index (χ0n) is 14.5. The van der Waals surface area contributed by atoms with E-state index in [0.717, 1.165) is 31.0 Å². The third-order valence-corrected chi connectivity index (χ3v) is 6.35. The summed E-state index contributed by atoms with van der Waals surface area (Å²) in [6.07, 6.45) is 4.55. The first-order chi connectivity index (χ1) is 12.4. The molecule has 2 heterocycles. The van der Waals surface area contributed by atoms with Crippen molar-refractivity contribution >= 4 is 11.9 Å². The van der Waals surface area contributed by atoms with E-state index in [2.05, 4.69) is 4.90 Å². The van der Waals surface area contributed by atoms with E-state index in [1.54, 1.807) is 0 Å². The van der Waals surface area contributed by atoms with E-state index in [4.69, 9.17) is 0 Å². The highest BCUT2D eigenvalue weighted by Gasteiger charge is 2.59. The van der Waals surface area contributed by atoms with Gasteiger partial charge in [-0.15, -0.1) is 0 Å². The molecule has 1 aliphatic carbocycles. The van der Waals surface area contributed by atoms with Crippen LogP contribution < -0.4 is 0 Å². The number of nitrogens with zero attached hydrogens (tertiary/aromatic N) is 2. The maximum atomic E-state index is 13.9. The van der Waals surface area contributed by atoms with Crippen LogP contribution in [0.2, 0.25) is 0 Å². The van der Waals surface area contributed by atoms with Crippen LogP contribution >= 0.6 is 0 Å². The Bertz CT molecular complexity index is 750. The van der Waals surface area contributed by atoms with E-state index in [0.29, 0.717) is 19.1 Å². The summed E-state index contributed by atoms with van der Waals surface area (Å²) < 4.78 is 27.4. The highest BCUT2D eigenvalue weighted by molar-refractivity contribution is 5.95. The Hall–Kier alpha value is -2.02. The van der Waals surface area contributed by atoms with Gasteiger partial charge >= 0.3 is 5.97 Å². The zero-order valence-corrected chi connectivity index (χ0v) is 14.5. The smallest absolute Gasteiger partial charge is 0.313 e. The molecule has 1 amide bonds. The number of carboxylic acids is 1. The van der Waals surface area contributed by atoms with Crippen molar-refractivity contribution in [1.29, 1.82) is 0 Å².